The highest BCUT2D eigenvalue weighted by Crippen LogP contribution is 2.29. The number of carbonyl (C=O) groups excluding carboxylic acids is 1. The van der Waals surface area contributed by atoms with Crippen molar-refractivity contribution in [3.63, 3.8) is 0 Å². The maximum atomic E-state index is 12.1. The van der Waals surface area contributed by atoms with Gasteiger partial charge in [-0.1, -0.05) is 31.0 Å². The molecule has 0 unspecified atom stereocenters. The molecule has 98 valence electrons. The molecule has 1 aromatic rings. The summed E-state index contributed by atoms with van der Waals surface area (Å²) in [5.41, 5.74) is 0.876. The van der Waals surface area contributed by atoms with Crippen LogP contribution < -0.4 is 4.90 Å². The van der Waals surface area contributed by atoms with Crippen LogP contribution >= 0.6 is 0 Å². The number of amides is 1. The summed E-state index contributed by atoms with van der Waals surface area (Å²) < 4.78 is 0. The maximum absolute atomic E-state index is 12.1. The molecule has 0 saturated heterocycles. The zero-order valence-electron chi connectivity index (χ0n) is 10.9. The lowest BCUT2D eigenvalue weighted by molar-refractivity contribution is -0.120. The molecule has 1 fully saturated rings. The fraction of sp³-hybridized carbons (Fsp3) is 0.533. The Hall–Kier alpha value is -1.35. The van der Waals surface area contributed by atoms with Crippen LogP contribution in [0.1, 0.15) is 32.1 Å². The average Bonchev–Trinajstić information content (AvgIpc) is 2.92. The molecular weight excluding hydrogens is 226 g/mol. The monoisotopic (exact) mass is 247 g/mol. The van der Waals surface area contributed by atoms with Crippen molar-refractivity contribution in [3.8, 4) is 0 Å². The van der Waals surface area contributed by atoms with Crippen LogP contribution in [0.5, 0.6) is 0 Å². The first kappa shape index (κ1) is 13.1. The fourth-order valence-electron chi connectivity index (χ4n) is 2.62. The number of aliphatic hydroxyl groups excluding tert-OH is 1. The van der Waals surface area contributed by atoms with Crippen molar-refractivity contribution in [1.82, 2.24) is 0 Å². The molecule has 18 heavy (non-hydrogen) atoms. The molecule has 0 radical (unpaired) electrons. The molecule has 1 saturated carbocycles. The SMILES string of the molecule is CN(C(=O)C[C@H](O)C1CCCC1)c1ccccc1. The minimum absolute atomic E-state index is 0.0133. The third-order valence-electron chi connectivity index (χ3n) is 3.85. The highest BCUT2D eigenvalue weighted by Gasteiger charge is 2.26. The largest absolute Gasteiger partial charge is 0.392 e. The molecule has 1 aliphatic rings. The van der Waals surface area contributed by atoms with Gasteiger partial charge in [-0.25, -0.2) is 0 Å². The van der Waals surface area contributed by atoms with Crippen molar-refractivity contribution in [2.45, 2.75) is 38.2 Å². The van der Waals surface area contributed by atoms with Crippen molar-refractivity contribution in [2.75, 3.05) is 11.9 Å². The summed E-state index contributed by atoms with van der Waals surface area (Å²) in [5, 5.41) is 10.1. The van der Waals surface area contributed by atoms with Gasteiger partial charge in [0.15, 0.2) is 0 Å². The number of anilines is 1. The summed E-state index contributed by atoms with van der Waals surface area (Å²) in [6, 6.07) is 9.55. The summed E-state index contributed by atoms with van der Waals surface area (Å²) >= 11 is 0. The second kappa shape index (κ2) is 6.01. The van der Waals surface area contributed by atoms with Crippen molar-refractivity contribution in [2.24, 2.45) is 5.92 Å². The van der Waals surface area contributed by atoms with E-state index < -0.39 is 6.10 Å². The Morgan fingerprint density at radius 3 is 2.56 bits per heavy atom. The summed E-state index contributed by atoms with van der Waals surface area (Å²) in [4.78, 5) is 13.7. The Balaban J connectivity index is 1.91. The molecule has 0 heterocycles. The van der Waals surface area contributed by atoms with E-state index in [0.717, 1.165) is 18.5 Å². The lowest BCUT2D eigenvalue weighted by atomic mass is 9.98. The van der Waals surface area contributed by atoms with E-state index in [4.69, 9.17) is 0 Å². The van der Waals surface area contributed by atoms with Crippen molar-refractivity contribution < 1.29 is 9.90 Å². The van der Waals surface area contributed by atoms with Gasteiger partial charge < -0.3 is 10.0 Å². The Labute approximate surface area is 108 Å². The molecular formula is C15H21NO2. The first-order valence-electron chi connectivity index (χ1n) is 6.68. The molecule has 1 amide bonds. The molecule has 0 spiro atoms. The van der Waals surface area contributed by atoms with Crippen LogP contribution in [0, 0.1) is 5.92 Å². The topological polar surface area (TPSA) is 40.5 Å². The van der Waals surface area contributed by atoms with Gasteiger partial charge in [0.2, 0.25) is 5.91 Å². The predicted octanol–water partition coefficient (Wildman–Crippen LogP) is 2.59. The molecule has 1 N–H and O–H groups in total. The van der Waals surface area contributed by atoms with Gasteiger partial charge in [-0.2, -0.15) is 0 Å². The quantitative estimate of drug-likeness (QED) is 0.888. The third-order valence-corrected chi connectivity index (χ3v) is 3.85. The molecule has 1 aromatic carbocycles. The molecule has 2 rings (SSSR count). The molecule has 1 aliphatic carbocycles. The van der Waals surface area contributed by atoms with Gasteiger partial charge in [-0.15, -0.1) is 0 Å². The van der Waals surface area contributed by atoms with E-state index in [0.29, 0.717) is 5.92 Å². The highest BCUT2D eigenvalue weighted by molar-refractivity contribution is 5.93. The van der Waals surface area contributed by atoms with Gasteiger partial charge in [0.05, 0.1) is 12.5 Å². The summed E-state index contributed by atoms with van der Waals surface area (Å²) in [5.74, 6) is 0.304. The molecule has 3 heteroatoms. The fourth-order valence-corrected chi connectivity index (χ4v) is 2.62. The molecule has 0 bridgehead atoms. The Morgan fingerprint density at radius 2 is 1.94 bits per heavy atom. The Morgan fingerprint density at radius 1 is 1.33 bits per heavy atom. The first-order valence-corrected chi connectivity index (χ1v) is 6.68. The van der Waals surface area contributed by atoms with Gasteiger partial charge >= 0.3 is 0 Å². The number of hydrogen-bond acceptors (Lipinski definition) is 2. The number of aliphatic hydroxyl groups is 1. The summed E-state index contributed by atoms with van der Waals surface area (Å²) in [7, 11) is 1.76. The van der Waals surface area contributed by atoms with E-state index in [1.54, 1.807) is 11.9 Å². The molecule has 3 nitrogen and oxygen atoms in total. The second-order valence-corrected chi connectivity index (χ2v) is 5.10. The maximum Gasteiger partial charge on any atom is 0.229 e. The number of para-hydroxylation sites is 1. The van der Waals surface area contributed by atoms with Crippen LogP contribution in [0.4, 0.5) is 5.69 Å². The average molecular weight is 247 g/mol. The molecule has 1 atom stereocenters. The standard InChI is InChI=1S/C15H21NO2/c1-16(13-9-3-2-4-10-13)15(18)11-14(17)12-7-5-6-8-12/h2-4,9-10,12,14,17H,5-8,11H2,1H3/t14-/m0/s1. The zero-order valence-corrected chi connectivity index (χ0v) is 10.9. The van der Waals surface area contributed by atoms with E-state index in [9.17, 15) is 9.90 Å². The predicted molar refractivity (Wildman–Crippen MR) is 72.4 cm³/mol. The van der Waals surface area contributed by atoms with Crippen LogP contribution in [0.2, 0.25) is 0 Å². The van der Waals surface area contributed by atoms with Gasteiger partial charge in [0.1, 0.15) is 0 Å². The number of nitrogens with zero attached hydrogens (tertiary/aromatic N) is 1. The normalized spacial score (nSPS) is 17.7. The Bertz CT molecular complexity index is 385. The van der Waals surface area contributed by atoms with Crippen LogP contribution in [0.15, 0.2) is 30.3 Å². The summed E-state index contributed by atoms with van der Waals surface area (Å²) in [6.07, 6.45) is 4.24. The molecule has 0 aliphatic heterocycles. The second-order valence-electron chi connectivity index (χ2n) is 5.10. The van der Waals surface area contributed by atoms with Gasteiger partial charge in [-0.05, 0) is 30.9 Å². The van der Waals surface area contributed by atoms with Crippen molar-refractivity contribution >= 4 is 11.6 Å². The van der Waals surface area contributed by atoms with E-state index in [-0.39, 0.29) is 12.3 Å². The van der Waals surface area contributed by atoms with Gasteiger partial charge in [0, 0.05) is 12.7 Å². The van der Waals surface area contributed by atoms with Gasteiger partial charge in [-0.3, -0.25) is 4.79 Å². The number of benzene rings is 1. The first-order chi connectivity index (χ1) is 8.68. The molecule has 0 aromatic heterocycles. The van der Waals surface area contributed by atoms with E-state index >= 15 is 0 Å². The van der Waals surface area contributed by atoms with E-state index in [1.807, 2.05) is 30.3 Å². The summed E-state index contributed by atoms with van der Waals surface area (Å²) in [6.45, 7) is 0. The lowest BCUT2D eigenvalue weighted by Gasteiger charge is -2.22. The minimum Gasteiger partial charge on any atom is -0.392 e. The Kier molecular flexibility index (Phi) is 4.37. The number of carbonyl (C=O) groups is 1. The minimum atomic E-state index is -0.480. The number of rotatable bonds is 4. The van der Waals surface area contributed by atoms with Crippen molar-refractivity contribution in [1.29, 1.82) is 0 Å². The third kappa shape index (κ3) is 3.10. The van der Waals surface area contributed by atoms with E-state index in [1.165, 1.54) is 12.8 Å². The van der Waals surface area contributed by atoms with Gasteiger partial charge in [0.25, 0.3) is 0 Å². The smallest absolute Gasteiger partial charge is 0.229 e. The van der Waals surface area contributed by atoms with E-state index in [2.05, 4.69) is 0 Å². The van der Waals surface area contributed by atoms with Crippen LogP contribution in [0.25, 0.3) is 0 Å². The lowest BCUT2D eigenvalue weighted by Crippen LogP contribution is -2.32. The van der Waals surface area contributed by atoms with Crippen molar-refractivity contribution in [3.05, 3.63) is 30.3 Å². The number of hydrogen-bond donors (Lipinski definition) is 1. The van der Waals surface area contributed by atoms with Crippen LogP contribution in [0.3, 0.4) is 0 Å². The highest BCUT2D eigenvalue weighted by atomic mass is 16.3. The van der Waals surface area contributed by atoms with Crippen LogP contribution in [-0.4, -0.2) is 24.2 Å². The van der Waals surface area contributed by atoms with Crippen LogP contribution in [-0.2, 0) is 4.79 Å². The zero-order chi connectivity index (χ0) is 13.0.